The van der Waals surface area contributed by atoms with Crippen molar-refractivity contribution in [3.63, 3.8) is 0 Å². The van der Waals surface area contributed by atoms with Gasteiger partial charge >= 0.3 is 0 Å². The van der Waals surface area contributed by atoms with Gasteiger partial charge in [0.15, 0.2) is 11.6 Å². The first kappa shape index (κ1) is 15.9. The molecule has 0 radical (unpaired) electrons. The van der Waals surface area contributed by atoms with E-state index < -0.39 is 0 Å². The lowest BCUT2D eigenvalue weighted by atomic mass is 10.2. The number of hydrazine groups is 1. The first-order chi connectivity index (χ1) is 11.6. The van der Waals surface area contributed by atoms with Gasteiger partial charge in [-0.15, -0.1) is 0 Å². The molecular formula is C17H17ClN6. The fourth-order valence-electron chi connectivity index (χ4n) is 2.05. The van der Waals surface area contributed by atoms with Crippen LogP contribution in [0, 0.1) is 6.92 Å². The average molecular weight is 341 g/mol. The lowest BCUT2D eigenvalue weighted by molar-refractivity contribution is 1.16. The Morgan fingerprint density at radius 3 is 2.42 bits per heavy atom. The van der Waals surface area contributed by atoms with E-state index in [1.165, 1.54) is 6.33 Å². The molecule has 0 aliphatic rings. The number of hydrogen-bond donors (Lipinski definition) is 4. The predicted molar refractivity (Wildman–Crippen MR) is 99.6 cm³/mol. The number of anilines is 5. The molecule has 7 heteroatoms. The first-order valence-corrected chi connectivity index (χ1v) is 7.72. The third kappa shape index (κ3) is 3.67. The molecule has 2 aromatic carbocycles. The maximum atomic E-state index is 6.14. The monoisotopic (exact) mass is 340 g/mol. The van der Waals surface area contributed by atoms with Crippen molar-refractivity contribution in [3.05, 3.63) is 65.4 Å². The van der Waals surface area contributed by atoms with Crippen molar-refractivity contribution in [3.8, 4) is 0 Å². The second kappa shape index (κ2) is 7.06. The number of hydrogen-bond acceptors (Lipinski definition) is 6. The van der Waals surface area contributed by atoms with E-state index in [4.69, 9.17) is 17.3 Å². The predicted octanol–water partition coefficient (Wildman–Crippen LogP) is 4.20. The van der Waals surface area contributed by atoms with Crippen molar-refractivity contribution in [2.45, 2.75) is 6.92 Å². The van der Waals surface area contributed by atoms with Crippen LogP contribution in [0.3, 0.4) is 0 Å². The summed E-state index contributed by atoms with van der Waals surface area (Å²) < 4.78 is 0. The number of nitrogens with one attached hydrogen (secondary N) is 3. The summed E-state index contributed by atoms with van der Waals surface area (Å²) in [4.78, 5) is 8.33. The quantitative estimate of drug-likeness (QED) is 0.520. The van der Waals surface area contributed by atoms with E-state index in [0.29, 0.717) is 22.3 Å². The highest BCUT2D eigenvalue weighted by Crippen LogP contribution is 2.28. The summed E-state index contributed by atoms with van der Waals surface area (Å²) in [6, 6.07) is 15.3. The molecule has 0 atom stereocenters. The summed E-state index contributed by atoms with van der Waals surface area (Å²) in [6.45, 7) is 1.95. The zero-order valence-electron chi connectivity index (χ0n) is 13.0. The second-order valence-corrected chi connectivity index (χ2v) is 5.60. The van der Waals surface area contributed by atoms with Crippen molar-refractivity contribution in [2.24, 2.45) is 0 Å². The molecule has 0 aliphatic carbocycles. The normalized spacial score (nSPS) is 10.2. The highest BCUT2D eigenvalue weighted by molar-refractivity contribution is 6.31. The van der Waals surface area contributed by atoms with Crippen LogP contribution in [0.25, 0.3) is 0 Å². The molecule has 0 bridgehead atoms. The standard InChI is InChI=1S/C17H17ClN6/c1-11-7-8-13(9-14(11)18)22-16-15(19)17(21-10-20-16)24-23-12-5-3-2-4-6-12/h2-10,23H,19H2,1H3,(H2,20,21,22,24). The van der Waals surface area contributed by atoms with Crippen LogP contribution in [0.1, 0.15) is 5.56 Å². The molecule has 1 heterocycles. The Hall–Kier alpha value is -2.99. The summed E-state index contributed by atoms with van der Waals surface area (Å²) >= 11 is 6.14. The van der Waals surface area contributed by atoms with Gasteiger partial charge in [-0.25, -0.2) is 9.97 Å². The fraction of sp³-hybridized carbons (Fsp3) is 0.0588. The van der Waals surface area contributed by atoms with E-state index in [2.05, 4.69) is 26.1 Å². The Morgan fingerprint density at radius 1 is 0.917 bits per heavy atom. The highest BCUT2D eigenvalue weighted by atomic mass is 35.5. The SMILES string of the molecule is Cc1ccc(Nc2ncnc(NNc3ccccc3)c2N)cc1Cl. The Labute approximate surface area is 145 Å². The van der Waals surface area contributed by atoms with Crippen molar-refractivity contribution < 1.29 is 0 Å². The molecule has 0 saturated heterocycles. The van der Waals surface area contributed by atoms with E-state index in [1.54, 1.807) is 0 Å². The molecular weight excluding hydrogens is 324 g/mol. The van der Waals surface area contributed by atoms with Crippen molar-refractivity contribution in [1.82, 2.24) is 9.97 Å². The van der Waals surface area contributed by atoms with Gasteiger partial charge in [-0.3, -0.25) is 10.9 Å². The molecule has 0 aliphatic heterocycles. The number of nitrogen functional groups attached to an aromatic ring is 1. The number of para-hydroxylation sites is 1. The number of nitrogens with two attached hydrogens (primary N) is 1. The van der Waals surface area contributed by atoms with E-state index in [0.717, 1.165) is 16.9 Å². The number of halogens is 1. The van der Waals surface area contributed by atoms with Gasteiger partial charge in [0, 0.05) is 10.7 Å². The van der Waals surface area contributed by atoms with Gasteiger partial charge in [-0.1, -0.05) is 35.9 Å². The zero-order chi connectivity index (χ0) is 16.9. The minimum atomic E-state index is 0.401. The van der Waals surface area contributed by atoms with E-state index in [9.17, 15) is 0 Å². The summed E-state index contributed by atoms with van der Waals surface area (Å²) in [5.41, 5.74) is 15.3. The third-order valence-electron chi connectivity index (χ3n) is 3.42. The van der Waals surface area contributed by atoms with Crippen LogP contribution in [0.15, 0.2) is 54.9 Å². The number of aromatic nitrogens is 2. The first-order valence-electron chi connectivity index (χ1n) is 7.34. The van der Waals surface area contributed by atoms with Gasteiger partial charge in [-0.2, -0.15) is 0 Å². The summed E-state index contributed by atoms with van der Waals surface area (Å²) in [5, 5.41) is 3.83. The maximum Gasteiger partial charge on any atom is 0.173 e. The topological polar surface area (TPSA) is 87.9 Å². The smallest absolute Gasteiger partial charge is 0.173 e. The Kier molecular flexibility index (Phi) is 4.67. The van der Waals surface area contributed by atoms with Crippen molar-refractivity contribution in [1.29, 1.82) is 0 Å². The molecule has 122 valence electrons. The van der Waals surface area contributed by atoms with E-state index in [1.807, 2.05) is 55.5 Å². The molecule has 0 unspecified atom stereocenters. The van der Waals surface area contributed by atoms with Crippen molar-refractivity contribution in [2.75, 3.05) is 21.9 Å². The summed E-state index contributed by atoms with van der Waals surface area (Å²) in [5.74, 6) is 0.983. The molecule has 0 amide bonds. The molecule has 0 spiro atoms. The van der Waals surface area contributed by atoms with Gasteiger partial charge in [0.25, 0.3) is 0 Å². The Morgan fingerprint density at radius 2 is 1.67 bits per heavy atom. The molecule has 5 N–H and O–H groups in total. The van der Waals surface area contributed by atoms with Crippen LogP contribution >= 0.6 is 11.6 Å². The largest absolute Gasteiger partial charge is 0.393 e. The number of aryl methyl sites for hydroxylation is 1. The number of nitrogens with zero attached hydrogens (tertiary/aromatic N) is 2. The zero-order valence-corrected chi connectivity index (χ0v) is 13.8. The van der Waals surface area contributed by atoms with Crippen LogP contribution < -0.4 is 21.9 Å². The van der Waals surface area contributed by atoms with Gasteiger partial charge in [0.05, 0.1) is 5.69 Å². The molecule has 1 aromatic heterocycles. The fourth-order valence-corrected chi connectivity index (χ4v) is 2.24. The minimum absolute atomic E-state index is 0.401. The van der Waals surface area contributed by atoms with Crippen molar-refractivity contribution >= 4 is 40.3 Å². The molecule has 6 nitrogen and oxygen atoms in total. The summed E-state index contributed by atoms with van der Waals surface area (Å²) in [6.07, 6.45) is 1.43. The molecule has 3 aromatic rings. The van der Waals surface area contributed by atoms with E-state index >= 15 is 0 Å². The van der Waals surface area contributed by atoms with Gasteiger partial charge < -0.3 is 11.1 Å². The lowest BCUT2D eigenvalue weighted by Crippen LogP contribution is -2.13. The lowest BCUT2D eigenvalue weighted by Gasteiger charge is -2.14. The van der Waals surface area contributed by atoms with E-state index in [-0.39, 0.29) is 0 Å². The highest BCUT2D eigenvalue weighted by Gasteiger charge is 2.09. The van der Waals surface area contributed by atoms with Gasteiger partial charge in [0.1, 0.15) is 12.0 Å². The summed E-state index contributed by atoms with van der Waals surface area (Å²) in [7, 11) is 0. The Balaban J connectivity index is 1.76. The second-order valence-electron chi connectivity index (χ2n) is 5.19. The van der Waals surface area contributed by atoms with Crippen LogP contribution in [0.2, 0.25) is 5.02 Å². The molecule has 0 fully saturated rings. The molecule has 0 saturated carbocycles. The Bertz CT molecular complexity index is 838. The van der Waals surface area contributed by atoms with Crippen LogP contribution in [0.5, 0.6) is 0 Å². The molecule has 24 heavy (non-hydrogen) atoms. The minimum Gasteiger partial charge on any atom is -0.393 e. The average Bonchev–Trinajstić information content (AvgIpc) is 2.60. The maximum absolute atomic E-state index is 6.14. The van der Waals surface area contributed by atoms with Gasteiger partial charge in [-0.05, 0) is 36.8 Å². The van der Waals surface area contributed by atoms with Crippen LogP contribution in [-0.4, -0.2) is 9.97 Å². The van der Waals surface area contributed by atoms with Crippen LogP contribution in [0.4, 0.5) is 28.7 Å². The third-order valence-corrected chi connectivity index (χ3v) is 3.82. The van der Waals surface area contributed by atoms with Gasteiger partial charge in [0.2, 0.25) is 0 Å². The number of rotatable bonds is 5. The molecule has 3 rings (SSSR count). The number of benzene rings is 2. The van der Waals surface area contributed by atoms with Crippen LogP contribution in [-0.2, 0) is 0 Å².